The van der Waals surface area contributed by atoms with E-state index in [0.717, 1.165) is 0 Å². The van der Waals surface area contributed by atoms with E-state index in [1.165, 1.54) is 11.3 Å². The van der Waals surface area contributed by atoms with Crippen LogP contribution < -0.4 is 5.32 Å². The Hall–Kier alpha value is -2.79. The molecule has 0 unspecified atom stereocenters. The predicted octanol–water partition coefficient (Wildman–Crippen LogP) is 3.93. The number of nitrogens with zero attached hydrogens (tertiary/aromatic N) is 1. The Bertz CT molecular complexity index is 856. The Morgan fingerprint density at radius 3 is 2.43 bits per heavy atom. The molecule has 23 heavy (non-hydrogen) atoms. The average Bonchev–Trinajstić information content (AvgIpc) is 3.01. The number of carbonyl (C=O) groups excluding carboxylic acids is 2. The number of aromatic nitrogens is 1. The summed E-state index contributed by atoms with van der Waals surface area (Å²) in [4.78, 5) is 29.3. The summed E-state index contributed by atoms with van der Waals surface area (Å²) in [6.07, 6.45) is 0. The molecular formula is C18H14N2O2S. The number of amides is 1. The van der Waals surface area contributed by atoms with Crippen molar-refractivity contribution >= 4 is 28.7 Å². The third-order valence-corrected chi connectivity index (χ3v) is 4.30. The van der Waals surface area contributed by atoms with E-state index >= 15 is 0 Å². The van der Waals surface area contributed by atoms with Crippen LogP contribution in [0, 0.1) is 6.92 Å². The lowest BCUT2D eigenvalue weighted by atomic mass is 10.0. The second kappa shape index (κ2) is 6.54. The molecule has 0 aliphatic rings. The molecule has 0 bridgehead atoms. The quantitative estimate of drug-likeness (QED) is 0.740. The molecule has 0 fully saturated rings. The molecule has 4 nitrogen and oxygen atoms in total. The first-order chi connectivity index (χ1) is 11.1. The van der Waals surface area contributed by atoms with E-state index in [4.69, 9.17) is 0 Å². The van der Waals surface area contributed by atoms with E-state index in [1.807, 2.05) is 18.2 Å². The number of carbonyl (C=O) groups is 2. The summed E-state index contributed by atoms with van der Waals surface area (Å²) >= 11 is 1.29. The third-order valence-electron chi connectivity index (χ3n) is 3.37. The number of hydrogen-bond donors (Lipinski definition) is 1. The van der Waals surface area contributed by atoms with Gasteiger partial charge in [0.25, 0.3) is 5.91 Å². The molecule has 0 saturated heterocycles. The van der Waals surface area contributed by atoms with Crippen molar-refractivity contribution in [1.82, 2.24) is 4.98 Å². The summed E-state index contributed by atoms with van der Waals surface area (Å²) in [6.45, 7) is 1.79. The van der Waals surface area contributed by atoms with Gasteiger partial charge >= 0.3 is 0 Å². The predicted molar refractivity (Wildman–Crippen MR) is 91.1 cm³/mol. The van der Waals surface area contributed by atoms with Crippen LogP contribution in [0.4, 0.5) is 5.69 Å². The fraction of sp³-hybridized carbons (Fsp3) is 0.0556. The molecule has 0 aliphatic carbocycles. The number of thiazole rings is 1. The van der Waals surface area contributed by atoms with Crippen molar-refractivity contribution < 1.29 is 9.59 Å². The molecule has 0 spiro atoms. The molecule has 0 aliphatic heterocycles. The van der Waals surface area contributed by atoms with Crippen molar-refractivity contribution in [3.05, 3.63) is 81.8 Å². The molecule has 1 aromatic heterocycles. The van der Waals surface area contributed by atoms with E-state index in [0.29, 0.717) is 27.4 Å². The monoisotopic (exact) mass is 322 g/mol. The SMILES string of the molecule is Cc1ncsc1C(=O)Nc1cccc(C(=O)c2ccccc2)c1. The largest absolute Gasteiger partial charge is 0.321 e. The second-order valence-corrected chi connectivity index (χ2v) is 5.85. The van der Waals surface area contributed by atoms with Gasteiger partial charge < -0.3 is 5.32 Å². The minimum atomic E-state index is -0.214. The lowest BCUT2D eigenvalue weighted by Crippen LogP contribution is -2.12. The topological polar surface area (TPSA) is 59.1 Å². The fourth-order valence-electron chi connectivity index (χ4n) is 2.20. The third kappa shape index (κ3) is 3.35. The standard InChI is InChI=1S/C18H14N2O2S/c1-12-17(23-11-19-12)18(22)20-15-9-5-8-14(10-15)16(21)13-6-3-2-4-7-13/h2-11H,1H3,(H,20,22). The van der Waals surface area contributed by atoms with Crippen molar-refractivity contribution in [2.24, 2.45) is 0 Å². The molecular weight excluding hydrogens is 308 g/mol. The van der Waals surface area contributed by atoms with E-state index in [2.05, 4.69) is 10.3 Å². The number of nitrogens with one attached hydrogen (secondary N) is 1. The summed E-state index contributed by atoms with van der Waals surface area (Å²) in [5, 5.41) is 2.81. The van der Waals surface area contributed by atoms with Gasteiger partial charge in [-0.2, -0.15) is 0 Å². The number of rotatable bonds is 4. The summed E-state index contributed by atoms with van der Waals surface area (Å²) in [5.41, 5.74) is 4.08. The molecule has 1 heterocycles. The van der Waals surface area contributed by atoms with E-state index in [1.54, 1.807) is 48.8 Å². The van der Waals surface area contributed by atoms with Crippen LogP contribution >= 0.6 is 11.3 Å². The van der Waals surface area contributed by atoms with Crippen LogP contribution in [0.3, 0.4) is 0 Å². The Balaban J connectivity index is 1.82. The zero-order valence-corrected chi connectivity index (χ0v) is 13.3. The Morgan fingerprint density at radius 2 is 1.74 bits per heavy atom. The van der Waals surface area contributed by atoms with Gasteiger partial charge in [-0.1, -0.05) is 42.5 Å². The normalized spacial score (nSPS) is 10.3. The van der Waals surface area contributed by atoms with Crippen LogP contribution in [0.15, 0.2) is 60.1 Å². The van der Waals surface area contributed by atoms with Gasteiger partial charge in [-0.3, -0.25) is 9.59 Å². The molecule has 114 valence electrons. The zero-order chi connectivity index (χ0) is 16.2. The lowest BCUT2D eigenvalue weighted by Gasteiger charge is -2.07. The highest BCUT2D eigenvalue weighted by Crippen LogP contribution is 2.18. The smallest absolute Gasteiger partial charge is 0.267 e. The summed E-state index contributed by atoms with van der Waals surface area (Å²) < 4.78 is 0. The van der Waals surface area contributed by atoms with Crippen LogP contribution in [0.1, 0.15) is 31.3 Å². The number of ketones is 1. The van der Waals surface area contributed by atoms with Crippen LogP contribution in [0.2, 0.25) is 0 Å². The van der Waals surface area contributed by atoms with Gasteiger partial charge in [0, 0.05) is 16.8 Å². The van der Waals surface area contributed by atoms with E-state index in [9.17, 15) is 9.59 Å². The number of anilines is 1. The fourth-order valence-corrected chi connectivity index (χ4v) is 2.90. The first-order valence-corrected chi connectivity index (χ1v) is 7.94. The summed E-state index contributed by atoms with van der Waals surface area (Å²) in [6, 6.07) is 16.0. The molecule has 0 radical (unpaired) electrons. The van der Waals surface area contributed by atoms with Gasteiger partial charge in [0.1, 0.15) is 4.88 Å². The lowest BCUT2D eigenvalue weighted by molar-refractivity contribution is 0.102. The van der Waals surface area contributed by atoms with Crippen LogP contribution in [-0.4, -0.2) is 16.7 Å². The van der Waals surface area contributed by atoms with Crippen LogP contribution in [0.25, 0.3) is 0 Å². The maximum Gasteiger partial charge on any atom is 0.267 e. The number of hydrogen-bond acceptors (Lipinski definition) is 4. The van der Waals surface area contributed by atoms with Crippen molar-refractivity contribution in [1.29, 1.82) is 0 Å². The van der Waals surface area contributed by atoms with E-state index in [-0.39, 0.29) is 11.7 Å². The summed E-state index contributed by atoms with van der Waals surface area (Å²) in [7, 11) is 0. The van der Waals surface area contributed by atoms with Crippen molar-refractivity contribution in [2.45, 2.75) is 6.92 Å². The number of benzene rings is 2. The molecule has 1 N–H and O–H groups in total. The minimum Gasteiger partial charge on any atom is -0.321 e. The average molecular weight is 322 g/mol. The molecule has 2 aromatic carbocycles. The number of aryl methyl sites for hydroxylation is 1. The Labute approximate surface area is 137 Å². The van der Waals surface area contributed by atoms with Gasteiger partial charge in [0.2, 0.25) is 0 Å². The first kappa shape index (κ1) is 15.1. The van der Waals surface area contributed by atoms with Crippen LogP contribution in [-0.2, 0) is 0 Å². The highest BCUT2D eigenvalue weighted by molar-refractivity contribution is 7.12. The highest BCUT2D eigenvalue weighted by Gasteiger charge is 2.13. The van der Waals surface area contributed by atoms with Crippen molar-refractivity contribution in [2.75, 3.05) is 5.32 Å². The van der Waals surface area contributed by atoms with Gasteiger partial charge in [-0.15, -0.1) is 11.3 Å². The minimum absolute atomic E-state index is 0.0735. The van der Waals surface area contributed by atoms with E-state index < -0.39 is 0 Å². The van der Waals surface area contributed by atoms with Gasteiger partial charge in [0.05, 0.1) is 11.2 Å². The molecule has 0 atom stereocenters. The summed E-state index contributed by atoms with van der Waals surface area (Å²) in [5.74, 6) is -0.287. The maximum absolute atomic E-state index is 12.4. The van der Waals surface area contributed by atoms with Gasteiger partial charge in [0.15, 0.2) is 5.78 Å². The first-order valence-electron chi connectivity index (χ1n) is 7.06. The zero-order valence-electron chi connectivity index (χ0n) is 12.4. The van der Waals surface area contributed by atoms with Crippen molar-refractivity contribution in [3.8, 4) is 0 Å². The van der Waals surface area contributed by atoms with Gasteiger partial charge in [-0.05, 0) is 19.1 Å². The van der Waals surface area contributed by atoms with Crippen molar-refractivity contribution in [3.63, 3.8) is 0 Å². The van der Waals surface area contributed by atoms with Gasteiger partial charge in [-0.25, -0.2) is 4.98 Å². The Kier molecular flexibility index (Phi) is 4.30. The highest BCUT2D eigenvalue weighted by atomic mass is 32.1. The maximum atomic E-state index is 12.4. The molecule has 0 saturated carbocycles. The molecule has 1 amide bonds. The molecule has 3 aromatic rings. The molecule has 5 heteroatoms. The Morgan fingerprint density at radius 1 is 1.00 bits per heavy atom. The molecule has 3 rings (SSSR count). The second-order valence-electron chi connectivity index (χ2n) is 5.00. The van der Waals surface area contributed by atoms with Crippen LogP contribution in [0.5, 0.6) is 0 Å².